The third-order valence-corrected chi connectivity index (χ3v) is 3.62. The third kappa shape index (κ3) is 3.15. The smallest absolute Gasteiger partial charge is 0.120 e. The van der Waals surface area contributed by atoms with Crippen LogP contribution in [0.2, 0.25) is 5.02 Å². The van der Waals surface area contributed by atoms with Crippen LogP contribution in [0.3, 0.4) is 0 Å². The van der Waals surface area contributed by atoms with E-state index in [0.717, 1.165) is 54.8 Å². The van der Waals surface area contributed by atoms with E-state index in [9.17, 15) is 0 Å². The lowest BCUT2D eigenvalue weighted by Gasteiger charge is -2.26. The molecule has 3 rings (SSSR count). The summed E-state index contributed by atoms with van der Waals surface area (Å²) in [5, 5.41) is 4.11. The number of aromatic amines is 1. The second kappa shape index (κ2) is 5.74. The Balaban J connectivity index is 1.70. The van der Waals surface area contributed by atoms with Crippen molar-refractivity contribution in [2.75, 3.05) is 26.2 Å². The topological polar surface area (TPSA) is 44.0 Å². The highest BCUT2D eigenvalue weighted by Crippen LogP contribution is 2.20. The van der Waals surface area contributed by atoms with Gasteiger partial charge in [0.2, 0.25) is 0 Å². The number of rotatable bonds is 3. The summed E-state index contributed by atoms with van der Waals surface area (Å²) in [4.78, 5) is 10.2. The molecule has 1 aliphatic heterocycles. The lowest BCUT2D eigenvalue weighted by atomic mass is 10.2. The first-order valence-electron chi connectivity index (χ1n) is 6.54. The third-order valence-electron chi connectivity index (χ3n) is 3.37. The molecule has 0 atom stereocenters. The van der Waals surface area contributed by atoms with Gasteiger partial charge in [-0.2, -0.15) is 0 Å². The fourth-order valence-corrected chi connectivity index (χ4v) is 2.43. The number of halogens is 1. The number of hydrogen-bond donors (Lipinski definition) is 2. The first-order valence-corrected chi connectivity index (χ1v) is 6.92. The summed E-state index contributed by atoms with van der Waals surface area (Å²) in [6, 6.07) is 7.80. The quantitative estimate of drug-likeness (QED) is 0.903. The first kappa shape index (κ1) is 12.7. The molecule has 19 heavy (non-hydrogen) atoms. The van der Waals surface area contributed by atoms with Gasteiger partial charge in [0, 0.05) is 31.2 Å². The van der Waals surface area contributed by atoms with Crippen molar-refractivity contribution in [3.8, 4) is 11.3 Å². The fourth-order valence-electron chi connectivity index (χ4n) is 2.30. The second-order valence-electron chi connectivity index (χ2n) is 4.78. The van der Waals surface area contributed by atoms with Crippen LogP contribution in [0.1, 0.15) is 5.82 Å². The van der Waals surface area contributed by atoms with Gasteiger partial charge in [0.15, 0.2) is 0 Å². The van der Waals surface area contributed by atoms with Gasteiger partial charge in [-0.15, -0.1) is 0 Å². The van der Waals surface area contributed by atoms with Gasteiger partial charge >= 0.3 is 0 Å². The first-order chi connectivity index (χ1) is 9.31. The van der Waals surface area contributed by atoms with Gasteiger partial charge in [-0.3, -0.25) is 4.90 Å². The molecular weight excluding hydrogens is 260 g/mol. The van der Waals surface area contributed by atoms with E-state index in [1.54, 1.807) is 0 Å². The number of nitrogens with zero attached hydrogens (tertiary/aromatic N) is 2. The SMILES string of the molecule is Clc1ccc(-c2cnc(CN3CCNCC3)[nH]2)cc1. The Morgan fingerprint density at radius 1 is 1.16 bits per heavy atom. The summed E-state index contributed by atoms with van der Waals surface area (Å²) in [5.74, 6) is 1.02. The van der Waals surface area contributed by atoms with Gasteiger partial charge < -0.3 is 10.3 Å². The van der Waals surface area contributed by atoms with Crippen molar-refractivity contribution < 1.29 is 0 Å². The molecule has 1 aliphatic rings. The van der Waals surface area contributed by atoms with E-state index in [2.05, 4.69) is 20.2 Å². The van der Waals surface area contributed by atoms with Crippen molar-refractivity contribution in [2.45, 2.75) is 6.54 Å². The highest BCUT2D eigenvalue weighted by atomic mass is 35.5. The van der Waals surface area contributed by atoms with Gasteiger partial charge in [-0.1, -0.05) is 23.7 Å². The predicted molar refractivity (Wildman–Crippen MR) is 77.2 cm³/mol. The Kier molecular flexibility index (Phi) is 3.82. The summed E-state index contributed by atoms with van der Waals surface area (Å²) < 4.78 is 0. The maximum atomic E-state index is 5.89. The molecule has 0 spiro atoms. The van der Waals surface area contributed by atoms with E-state index in [0.29, 0.717) is 0 Å². The standard InChI is InChI=1S/C14H17ClN4/c15-12-3-1-11(2-4-12)13-9-17-14(18-13)10-19-7-5-16-6-8-19/h1-4,9,16H,5-8,10H2,(H,17,18). The summed E-state index contributed by atoms with van der Waals surface area (Å²) in [5.41, 5.74) is 2.16. The molecule has 0 saturated carbocycles. The molecule has 1 saturated heterocycles. The zero-order valence-corrected chi connectivity index (χ0v) is 11.5. The monoisotopic (exact) mass is 276 g/mol. The van der Waals surface area contributed by atoms with E-state index in [4.69, 9.17) is 11.6 Å². The van der Waals surface area contributed by atoms with Gasteiger partial charge in [0.1, 0.15) is 5.82 Å². The molecule has 1 aromatic heterocycles. The molecule has 0 bridgehead atoms. The van der Waals surface area contributed by atoms with Crippen LogP contribution in [-0.2, 0) is 6.54 Å². The number of benzene rings is 1. The number of aromatic nitrogens is 2. The lowest BCUT2D eigenvalue weighted by molar-refractivity contribution is 0.228. The maximum Gasteiger partial charge on any atom is 0.120 e. The van der Waals surface area contributed by atoms with Crippen molar-refractivity contribution in [3.63, 3.8) is 0 Å². The van der Waals surface area contributed by atoms with Crippen molar-refractivity contribution >= 4 is 11.6 Å². The van der Waals surface area contributed by atoms with E-state index in [1.807, 2.05) is 30.5 Å². The molecule has 2 N–H and O–H groups in total. The summed E-state index contributed by atoms with van der Waals surface area (Å²) in [6.07, 6.45) is 1.89. The number of piperazine rings is 1. The lowest BCUT2D eigenvalue weighted by Crippen LogP contribution is -2.43. The summed E-state index contributed by atoms with van der Waals surface area (Å²) >= 11 is 5.89. The zero-order chi connectivity index (χ0) is 13.1. The average molecular weight is 277 g/mol. The van der Waals surface area contributed by atoms with Crippen LogP contribution >= 0.6 is 11.6 Å². The van der Waals surface area contributed by atoms with E-state index >= 15 is 0 Å². The molecule has 1 aromatic carbocycles. The normalized spacial score (nSPS) is 16.7. The number of H-pyrrole nitrogens is 1. The van der Waals surface area contributed by atoms with Gasteiger partial charge in [0.05, 0.1) is 18.4 Å². The second-order valence-corrected chi connectivity index (χ2v) is 5.21. The largest absolute Gasteiger partial charge is 0.341 e. The highest BCUT2D eigenvalue weighted by molar-refractivity contribution is 6.30. The average Bonchev–Trinajstić information content (AvgIpc) is 2.89. The van der Waals surface area contributed by atoms with Gasteiger partial charge in [0.25, 0.3) is 0 Å². The van der Waals surface area contributed by atoms with Crippen LogP contribution in [-0.4, -0.2) is 41.0 Å². The fraction of sp³-hybridized carbons (Fsp3) is 0.357. The van der Waals surface area contributed by atoms with E-state index in [1.165, 1.54) is 0 Å². The Labute approximate surface area is 117 Å². The number of imidazole rings is 1. The predicted octanol–water partition coefficient (Wildman–Crippen LogP) is 2.14. The Morgan fingerprint density at radius 3 is 2.63 bits per heavy atom. The molecule has 4 nitrogen and oxygen atoms in total. The molecule has 2 heterocycles. The van der Waals surface area contributed by atoms with Crippen LogP contribution in [0.15, 0.2) is 30.5 Å². The van der Waals surface area contributed by atoms with E-state index < -0.39 is 0 Å². The molecule has 2 aromatic rings. The van der Waals surface area contributed by atoms with Gasteiger partial charge in [-0.05, 0) is 17.7 Å². The molecule has 100 valence electrons. The maximum absolute atomic E-state index is 5.89. The minimum atomic E-state index is 0.754. The molecule has 1 fully saturated rings. The molecular formula is C14H17ClN4. The summed E-state index contributed by atoms with van der Waals surface area (Å²) in [7, 11) is 0. The van der Waals surface area contributed by atoms with Crippen LogP contribution in [0.25, 0.3) is 11.3 Å². The van der Waals surface area contributed by atoms with Crippen molar-refractivity contribution in [1.82, 2.24) is 20.2 Å². The van der Waals surface area contributed by atoms with Gasteiger partial charge in [-0.25, -0.2) is 4.98 Å². The Hall–Kier alpha value is -1.36. The van der Waals surface area contributed by atoms with Crippen LogP contribution in [0, 0.1) is 0 Å². The molecule has 0 aliphatic carbocycles. The molecule has 0 radical (unpaired) electrons. The number of nitrogens with one attached hydrogen (secondary N) is 2. The van der Waals surface area contributed by atoms with Crippen LogP contribution < -0.4 is 5.32 Å². The van der Waals surface area contributed by atoms with Crippen molar-refractivity contribution in [3.05, 3.63) is 41.3 Å². The van der Waals surface area contributed by atoms with E-state index in [-0.39, 0.29) is 0 Å². The Bertz CT molecular complexity index is 529. The van der Waals surface area contributed by atoms with Crippen molar-refractivity contribution in [1.29, 1.82) is 0 Å². The van der Waals surface area contributed by atoms with Crippen LogP contribution in [0.5, 0.6) is 0 Å². The summed E-state index contributed by atoms with van der Waals surface area (Å²) in [6.45, 7) is 5.17. The molecule has 0 unspecified atom stereocenters. The molecule has 0 amide bonds. The molecule has 5 heteroatoms. The zero-order valence-electron chi connectivity index (χ0n) is 10.7. The minimum Gasteiger partial charge on any atom is -0.341 e. The Morgan fingerprint density at radius 2 is 1.89 bits per heavy atom. The number of hydrogen-bond acceptors (Lipinski definition) is 3. The van der Waals surface area contributed by atoms with Crippen molar-refractivity contribution in [2.24, 2.45) is 0 Å². The highest BCUT2D eigenvalue weighted by Gasteiger charge is 2.12. The minimum absolute atomic E-state index is 0.754. The van der Waals surface area contributed by atoms with Crippen LogP contribution in [0.4, 0.5) is 0 Å².